The van der Waals surface area contributed by atoms with Crippen LogP contribution in [0, 0.1) is 0 Å². The highest BCUT2D eigenvalue weighted by Crippen LogP contribution is 2.36. The van der Waals surface area contributed by atoms with Gasteiger partial charge in [-0.2, -0.15) is 5.10 Å². The van der Waals surface area contributed by atoms with E-state index >= 15 is 0 Å². The highest BCUT2D eigenvalue weighted by Gasteiger charge is 2.34. The summed E-state index contributed by atoms with van der Waals surface area (Å²) in [5.74, 6) is 0.887. The average molecular weight is 465 g/mol. The number of carbonyl (C=O) groups excluding carboxylic acids is 1. The molecule has 0 bridgehead atoms. The number of benzene rings is 1. The molecule has 5 heterocycles. The predicted octanol–water partition coefficient (Wildman–Crippen LogP) is 4.80. The van der Waals surface area contributed by atoms with Crippen molar-refractivity contribution in [2.24, 2.45) is 5.10 Å². The number of H-pyrrole nitrogens is 1. The number of thiophene rings is 2. The van der Waals surface area contributed by atoms with Crippen molar-refractivity contribution in [3.05, 3.63) is 69.0 Å². The van der Waals surface area contributed by atoms with Gasteiger partial charge < -0.3 is 0 Å². The number of amides is 1. The molecule has 10 heteroatoms. The summed E-state index contributed by atoms with van der Waals surface area (Å²) in [6, 6.07) is 16.0. The summed E-state index contributed by atoms with van der Waals surface area (Å²) < 4.78 is 1.95. The molecule has 1 amide bonds. The molecule has 5 aromatic rings. The van der Waals surface area contributed by atoms with Crippen LogP contribution < -0.4 is 0 Å². The molecule has 0 fully saturated rings. The molecule has 154 valence electrons. The number of nitrogens with zero attached hydrogens (tertiary/aromatic N) is 5. The molecule has 0 aliphatic carbocycles. The van der Waals surface area contributed by atoms with E-state index in [4.69, 9.17) is 5.10 Å². The predicted molar refractivity (Wildman–Crippen MR) is 125 cm³/mol. The van der Waals surface area contributed by atoms with Crippen molar-refractivity contribution >= 4 is 62.9 Å². The SMILES string of the molecule is O=C(CSc1n[nH]c2nc3ccccc3n12)N1N=C(c2cccs2)C[C@H]1c1cccs1. The lowest BCUT2D eigenvalue weighted by molar-refractivity contribution is -0.130. The van der Waals surface area contributed by atoms with Gasteiger partial charge in [0.25, 0.3) is 5.91 Å². The number of carbonyl (C=O) groups is 1. The zero-order valence-electron chi connectivity index (χ0n) is 16.1. The molecule has 0 spiro atoms. The van der Waals surface area contributed by atoms with Crippen LogP contribution >= 0.6 is 34.4 Å². The zero-order chi connectivity index (χ0) is 20.8. The Bertz CT molecular complexity index is 1400. The number of hydrogen-bond acceptors (Lipinski definition) is 7. The van der Waals surface area contributed by atoms with E-state index in [-0.39, 0.29) is 17.7 Å². The molecule has 6 rings (SSSR count). The number of hydrogen-bond donors (Lipinski definition) is 1. The summed E-state index contributed by atoms with van der Waals surface area (Å²) in [5.41, 5.74) is 2.83. The molecular weight excluding hydrogens is 448 g/mol. The van der Waals surface area contributed by atoms with Crippen LogP contribution in [-0.2, 0) is 4.79 Å². The Hall–Kier alpha value is -2.95. The lowest BCUT2D eigenvalue weighted by Gasteiger charge is -2.20. The first-order valence-electron chi connectivity index (χ1n) is 9.69. The van der Waals surface area contributed by atoms with Crippen molar-refractivity contribution < 1.29 is 4.79 Å². The van der Waals surface area contributed by atoms with Crippen molar-refractivity contribution in [2.75, 3.05) is 5.75 Å². The maximum absolute atomic E-state index is 13.2. The largest absolute Gasteiger partial charge is 0.272 e. The van der Waals surface area contributed by atoms with Gasteiger partial charge in [0, 0.05) is 11.3 Å². The Kier molecular flexibility index (Phi) is 4.62. The van der Waals surface area contributed by atoms with Crippen LogP contribution in [0.5, 0.6) is 0 Å². The third-order valence-electron chi connectivity index (χ3n) is 5.17. The van der Waals surface area contributed by atoms with Gasteiger partial charge in [0.2, 0.25) is 5.78 Å². The Labute approximate surface area is 189 Å². The first kappa shape index (κ1) is 18.8. The van der Waals surface area contributed by atoms with Gasteiger partial charge in [-0.25, -0.2) is 15.1 Å². The Morgan fingerprint density at radius 3 is 2.84 bits per heavy atom. The number of thioether (sulfide) groups is 1. The first-order chi connectivity index (χ1) is 15.3. The molecule has 0 radical (unpaired) electrons. The summed E-state index contributed by atoms with van der Waals surface area (Å²) in [7, 11) is 0. The third kappa shape index (κ3) is 3.27. The Morgan fingerprint density at radius 1 is 1.13 bits per heavy atom. The fourth-order valence-electron chi connectivity index (χ4n) is 3.77. The average Bonchev–Trinajstić information content (AvgIpc) is 3.58. The van der Waals surface area contributed by atoms with Gasteiger partial charge in [0.05, 0.1) is 33.4 Å². The van der Waals surface area contributed by atoms with Gasteiger partial charge >= 0.3 is 0 Å². The standard InChI is InChI=1S/C21H16N6OS3/c28-19(12-31-21-24-23-20-22-13-5-1-2-6-15(13)26(20)21)27-16(18-8-4-10-30-18)11-14(25-27)17-7-3-9-29-17/h1-10,16H,11-12H2,(H,22,23)/t16-/m0/s1. The van der Waals surface area contributed by atoms with E-state index in [9.17, 15) is 4.79 Å². The number of aromatic nitrogens is 4. The second-order valence-corrected chi connectivity index (χ2v) is 9.92. The maximum Gasteiger partial charge on any atom is 0.253 e. The van der Waals surface area contributed by atoms with Crippen molar-refractivity contribution in [1.29, 1.82) is 0 Å². The normalized spacial score (nSPS) is 16.5. The smallest absolute Gasteiger partial charge is 0.253 e. The van der Waals surface area contributed by atoms with Gasteiger partial charge in [0.1, 0.15) is 0 Å². The van der Waals surface area contributed by atoms with Crippen molar-refractivity contribution in [1.82, 2.24) is 24.6 Å². The van der Waals surface area contributed by atoms with Crippen LogP contribution in [0.4, 0.5) is 0 Å². The molecule has 1 aromatic carbocycles. The van der Waals surface area contributed by atoms with E-state index in [0.717, 1.165) is 32.9 Å². The van der Waals surface area contributed by atoms with Gasteiger partial charge in [-0.1, -0.05) is 36.0 Å². The highest BCUT2D eigenvalue weighted by molar-refractivity contribution is 7.99. The molecule has 31 heavy (non-hydrogen) atoms. The van der Waals surface area contributed by atoms with Crippen LogP contribution in [0.3, 0.4) is 0 Å². The van der Waals surface area contributed by atoms with E-state index in [1.165, 1.54) is 11.8 Å². The molecular formula is C21H16N6OS3. The quantitative estimate of drug-likeness (QED) is 0.379. The minimum absolute atomic E-state index is 0.0319. The van der Waals surface area contributed by atoms with E-state index in [2.05, 4.69) is 27.3 Å². The van der Waals surface area contributed by atoms with Crippen LogP contribution in [0.2, 0.25) is 0 Å². The van der Waals surface area contributed by atoms with Crippen LogP contribution in [0.25, 0.3) is 16.8 Å². The van der Waals surface area contributed by atoms with E-state index in [0.29, 0.717) is 10.9 Å². The summed E-state index contributed by atoms with van der Waals surface area (Å²) in [6.07, 6.45) is 0.732. The number of nitrogens with one attached hydrogen (secondary N) is 1. The molecule has 1 N–H and O–H groups in total. The summed E-state index contributed by atoms with van der Waals surface area (Å²) >= 11 is 4.71. The maximum atomic E-state index is 13.2. The van der Waals surface area contributed by atoms with Gasteiger partial charge in [0.15, 0.2) is 5.16 Å². The van der Waals surface area contributed by atoms with Crippen LogP contribution in [0.15, 0.2) is 69.5 Å². The van der Waals surface area contributed by atoms with E-state index in [1.807, 2.05) is 51.6 Å². The highest BCUT2D eigenvalue weighted by atomic mass is 32.2. The summed E-state index contributed by atoms with van der Waals surface area (Å²) in [4.78, 5) is 20.0. The van der Waals surface area contributed by atoms with Crippen molar-refractivity contribution in [3.63, 3.8) is 0 Å². The number of hydrazone groups is 1. The summed E-state index contributed by atoms with van der Waals surface area (Å²) in [6.45, 7) is 0. The zero-order valence-corrected chi connectivity index (χ0v) is 18.6. The van der Waals surface area contributed by atoms with Crippen molar-refractivity contribution in [2.45, 2.75) is 17.6 Å². The fraction of sp³-hybridized carbons (Fsp3) is 0.143. The second kappa shape index (κ2) is 7.63. The molecule has 0 saturated heterocycles. The van der Waals surface area contributed by atoms with Gasteiger partial charge in [-0.15, -0.1) is 27.8 Å². The van der Waals surface area contributed by atoms with E-state index < -0.39 is 0 Å². The topological polar surface area (TPSA) is 78.6 Å². The second-order valence-electron chi connectivity index (χ2n) is 7.05. The molecule has 0 unspecified atom stereocenters. The van der Waals surface area contributed by atoms with Gasteiger partial charge in [-0.05, 0) is 35.0 Å². The molecule has 1 aliphatic heterocycles. The lowest BCUT2D eigenvalue weighted by Crippen LogP contribution is -2.28. The first-order valence-corrected chi connectivity index (χ1v) is 12.4. The van der Waals surface area contributed by atoms with Crippen LogP contribution in [0.1, 0.15) is 22.2 Å². The molecule has 1 atom stereocenters. The number of rotatable bonds is 5. The minimum Gasteiger partial charge on any atom is -0.272 e. The molecule has 4 aromatic heterocycles. The molecule has 0 saturated carbocycles. The fourth-order valence-corrected chi connectivity index (χ4v) is 6.11. The van der Waals surface area contributed by atoms with Crippen molar-refractivity contribution in [3.8, 4) is 0 Å². The number of aromatic amines is 1. The monoisotopic (exact) mass is 464 g/mol. The third-order valence-corrected chi connectivity index (χ3v) is 7.99. The number of imidazole rings is 1. The Morgan fingerprint density at radius 2 is 2.00 bits per heavy atom. The lowest BCUT2D eigenvalue weighted by atomic mass is 10.1. The molecule has 1 aliphatic rings. The molecule has 7 nitrogen and oxygen atoms in total. The van der Waals surface area contributed by atoms with Gasteiger partial charge in [-0.3, -0.25) is 9.20 Å². The summed E-state index contributed by atoms with van der Waals surface area (Å²) in [5, 5.41) is 18.5. The van der Waals surface area contributed by atoms with E-state index in [1.54, 1.807) is 27.7 Å². The Balaban J connectivity index is 1.27. The van der Waals surface area contributed by atoms with Crippen LogP contribution in [-0.4, -0.2) is 42.0 Å². The number of fused-ring (bicyclic) bond motifs is 3. The minimum atomic E-state index is -0.0570. The number of para-hydroxylation sites is 2.